The number of hydrogen-bond acceptors (Lipinski definition) is 3. The van der Waals surface area contributed by atoms with Gasteiger partial charge in [0.15, 0.2) is 0 Å². The Kier molecular flexibility index (Phi) is 6.75. The molecule has 2 N–H and O–H groups in total. The van der Waals surface area contributed by atoms with E-state index in [2.05, 4.69) is 10.0 Å². The number of carbonyl (C=O) groups excluding carboxylic acids is 1. The van der Waals surface area contributed by atoms with E-state index in [1.807, 2.05) is 6.92 Å². The summed E-state index contributed by atoms with van der Waals surface area (Å²) in [5.41, 5.74) is 0.522. The molecule has 5 nitrogen and oxygen atoms in total. The summed E-state index contributed by atoms with van der Waals surface area (Å²) in [5, 5.41) is 2.77. The molecule has 2 aromatic carbocycles. The average Bonchev–Trinajstić information content (AvgIpc) is 2.58. The lowest BCUT2D eigenvalue weighted by Crippen LogP contribution is -2.31. The van der Waals surface area contributed by atoms with Crippen LogP contribution in [-0.2, 0) is 21.2 Å². The lowest BCUT2D eigenvalue weighted by atomic mass is 10.1. The quantitative estimate of drug-likeness (QED) is 0.746. The van der Waals surface area contributed by atoms with Crippen molar-refractivity contribution in [2.24, 2.45) is 0 Å². The molecule has 1 atom stereocenters. The minimum atomic E-state index is -3.61. The molecule has 0 aliphatic rings. The molecule has 2 rings (SSSR count). The van der Waals surface area contributed by atoms with Crippen LogP contribution < -0.4 is 10.0 Å². The molecule has 0 bridgehead atoms. The number of halogens is 2. The van der Waals surface area contributed by atoms with E-state index in [0.29, 0.717) is 12.1 Å². The summed E-state index contributed by atoms with van der Waals surface area (Å²) in [7, 11) is -3.61. The van der Waals surface area contributed by atoms with Gasteiger partial charge in [0.1, 0.15) is 5.82 Å². The zero-order valence-corrected chi connectivity index (χ0v) is 16.0. The van der Waals surface area contributed by atoms with Crippen LogP contribution in [0.4, 0.5) is 10.1 Å². The Bertz CT molecular complexity index is 866. The van der Waals surface area contributed by atoms with Crippen LogP contribution in [0, 0.1) is 5.82 Å². The van der Waals surface area contributed by atoms with Crippen molar-refractivity contribution >= 4 is 33.2 Å². The van der Waals surface area contributed by atoms with Crippen molar-refractivity contribution < 1.29 is 17.6 Å². The van der Waals surface area contributed by atoms with E-state index >= 15 is 0 Å². The van der Waals surface area contributed by atoms with Crippen LogP contribution in [0.25, 0.3) is 0 Å². The van der Waals surface area contributed by atoms with Gasteiger partial charge in [-0.25, -0.2) is 17.5 Å². The van der Waals surface area contributed by atoms with Gasteiger partial charge in [-0.05, 0) is 49.7 Å². The molecule has 0 aromatic heterocycles. The molecule has 1 unspecified atom stereocenters. The first-order valence-electron chi connectivity index (χ1n) is 8.08. The number of rotatable bonds is 7. The second-order valence-corrected chi connectivity index (χ2v) is 8.00. The molecule has 1 amide bonds. The Morgan fingerprint density at radius 1 is 1.19 bits per heavy atom. The Balaban J connectivity index is 2.06. The highest BCUT2D eigenvalue weighted by molar-refractivity contribution is 7.89. The van der Waals surface area contributed by atoms with Crippen molar-refractivity contribution in [2.75, 3.05) is 5.32 Å². The monoisotopic (exact) mass is 398 g/mol. The molecule has 0 heterocycles. The Labute approximate surface area is 157 Å². The lowest BCUT2D eigenvalue weighted by Gasteiger charge is -2.12. The van der Waals surface area contributed by atoms with Gasteiger partial charge in [-0.1, -0.05) is 24.6 Å². The van der Waals surface area contributed by atoms with E-state index in [1.54, 1.807) is 6.92 Å². The van der Waals surface area contributed by atoms with Crippen molar-refractivity contribution in [1.82, 2.24) is 4.72 Å². The van der Waals surface area contributed by atoms with Gasteiger partial charge in [0.25, 0.3) is 0 Å². The van der Waals surface area contributed by atoms with Gasteiger partial charge in [0, 0.05) is 22.3 Å². The number of sulfonamides is 1. The van der Waals surface area contributed by atoms with Crippen LogP contribution in [0.5, 0.6) is 0 Å². The maximum Gasteiger partial charge on any atom is 0.240 e. The number of benzene rings is 2. The number of amides is 1. The Morgan fingerprint density at radius 2 is 1.85 bits per heavy atom. The Hall–Kier alpha value is -1.96. The molecule has 0 radical (unpaired) electrons. The summed E-state index contributed by atoms with van der Waals surface area (Å²) >= 11 is 5.91. The first-order valence-corrected chi connectivity index (χ1v) is 9.94. The van der Waals surface area contributed by atoms with E-state index in [-0.39, 0.29) is 27.9 Å². The highest BCUT2D eigenvalue weighted by atomic mass is 35.5. The van der Waals surface area contributed by atoms with Gasteiger partial charge < -0.3 is 5.32 Å². The highest BCUT2D eigenvalue weighted by Gasteiger charge is 2.17. The van der Waals surface area contributed by atoms with Gasteiger partial charge in [0.05, 0.1) is 11.3 Å². The summed E-state index contributed by atoms with van der Waals surface area (Å²) in [6.07, 6.45) is 0.451. The van der Waals surface area contributed by atoms with Crippen molar-refractivity contribution in [3.63, 3.8) is 0 Å². The van der Waals surface area contributed by atoms with Crippen LogP contribution in [0.2, 0.25) is 5.02 Å². The van der Waals surface area contributed by atoms with E-state index in [1.165, 1.54) is 42.5 Å². The zero-order valence-electron chi connectivity index (χ0n) is 14.4. The molecular formula is C18H20ClFN2O3S. The molecule has 0 fully saturated rings. The third-order valence-electron chi connectivity index (χ3n) is 3.82. The predicted molar refractivity (Wildman–Crippen MR) is 100 cm³/mol. The van der Waals surface area contributed by atoms with E-state index in [0.717, 1.165) is 0 Å². The largest absolute Gasteiger partial charge is 0.326 e. The summed E-state index contributed by atoms with van der Waals surface area (Å²) in [4.78, 5) is 12.2. The highest BCUT2D eigenvalue weighted by Crippen LogP contribution is 2.20. The fourth-order valence-electron chi connectivity index (χ4n) is 2.20. The summed E-state index contributed by atoms with van der Waals surface area (Å²) in [6, 6.07) is 9.79. The first kappa shape index (κ1) is 20.4. The van der Waals surface area contributed by atoms with Crippen molar-refractivity contribution in [3.8, 4) is 0 Å². The molecule has 8 heteroatoms. The van der Waals surface area contributed by atoms with Crippen LogP contribution in [0.3, 0.4) is 0 Å². The molecule has 0 saturated carbocycles. The van der Waals surface area contributed by atoms with E-state index in [9.17, 15) is 17.6 Å². The van der Waals surface area contributed by atoms with Crippen molar-refractivity contribution in [3.05, 3.63) is 58.9 Å². The Morgan fingerprint density at radius 3 is 2.42 bits per heavy atom. The molecule has 0 aliphatic carbocycles. The van der Waals surface area contributed by atoms with E-state index < -0.39 is 21.7 Å². The maximum absolute atomic E-state index is 13.7. The summed E-state index contributed by atoms with van der Waals surface area (Å²) in [6.45, 7) is 3.66. The normalized spacial score (nSPS) is 12.6. The molecule has 0 aliphatic heterocycles. The van der Waals surface area contributed by atoms with Crippen molar-refractivity contribution in [2.45, 2.75) is 37.6 Å². The fraction of sp³-hybridized carbons (Fsp3) is 0.278. The lowest BCUT2D eigenvalue weighted by molar-refractivity contribution is -0.115. The third-order valence-corrected chi connectivity index (χ3v) is 5.78. The zero-order chi connectivity index (χ0) is 19.3. The van der Waals surface area contributed by atoms with Crippen LogP contribution >= 0.6 is 11.6 Å². The molecule has 0 saturated heterocycles. The summed E-state index contributed by atoms with van der Waals surface area (Å²) < 4.78 is 40.7. The first-order chi connectivity index (χ1) is 12.2. The van der Waals surface area contributed by atoms with Crippen LogP contribution in [0.1, 0.15) is 25.8 Å². The molecule has 0 spiro atoms. The van der Waals surface area contributed by atoms with E-state index in [4.69, 9.17) is 11.6 Å². The number of nitrogens with one attached hydrogen (secondary N) is 2. The predicted octanol–water partition coefficient (Wildman–Crippen LogP) is 3.74. The SMILES string of the molecule is CCC(C)NS(=O)(=O)c1ccc(NC(=O)Cc2c(F)cccc2Cl)cc1. The molecular weight excluding hydrogens is 379 g/mol. The minimum Gasteiger partial charge on any atom is -0.326 e. The minimum absolute atomic E-state index is 0.105. The van der Waals surface area contributed by atoms with Crippen molar-refractivity contribution in [1.29, 1.82) is 0 Å². The van der Waals surface area contributed by atoms with Gasteiger partial charge in [0.2, 0.25) is 15.9 Å². The van der Waals surface area contributed by atoms with Crippen LogP contribution in [0.15, 0.2) is 47.4 Å². The topological polar surface area (TPSA) is 75.3 Å². The fourth-order valence-corrected chi connectivity index (χ4v) is 3.76. The van der Waals surface area contributed by atoms with Gasteiger partial charge >= 0.3 is 0 Å². The standard InChI is InChI=1S/C18H20ClFN2O3S/c1-3-12(2)22-26(24,25)14-9-7-13(8-10-14)21-18(23)11-15-16(19)5-4-6-17(15)20/h4-10,12,22H,3,11H2,1-2H3,(H,21,23). The van der Waals surface area contributed by atoms with Gasteiger partial charge in [-0.2, -0.15) is 0 Å². The second-order valence-electron chi connectivity index (χ2n) is 5.88. The maximum atomic E-state index is 13.7. The molecule has 140 valence electrons. The third kappa shape index (κ3) is 5.27. The second kappa shape index (κ2) is 8.62. The number of anilines is 1. The smallest absolute Gasteiger partial charge is 0.240 e. The van der Waals surface area contributed by atoms with Crippen LogP contribution in [-0.4, -0.2) is 20.4 Å². The number of carbonyl (C=O) groups is 1. The number of hydrogen-bond donors (Lipinski definition) is 2. The molecule has 2 aromatic rings. The molecule has 26 heavy (non-hydrogen) atoms. The van der Waals surface area contributed by atoms with Gasteiger partial charge in [-0.3, -0.25) is 4.79 Å². The summed E-state index contributed by atoms with van der Waals surface area (Å²) in [5.74, 6) is -1.00. The average molecular weight is 399 g/mol. The van der Waals surface area contributed by atoms with Gasteiger partial charge in [-0.15, -0.1) is 0 Å².